The van der Waals surface area contributed by atoms with Crippen LogP contribution in [-0.2, 0) is 0 Å². The summed E-state index contributed by atoms with van der Waals surface area (Å²) in [6.45, 7) is 1.31. The van der Waals surface area contributed by atoms with E-state index in [2.05, 4.69) is 19.0 Å². The van der Waals surface area contributed by atoms with E-state index in [0.29, 0.717) is 0 Å². The van der Waals surface area contributed by atoms with E-state index in [1.165, 1.54) is 25.8 Å². The molecule has 1 fully saturated rings. The second-order valence-electron chi connectivity index (χ2n) is 3.06. The maximum Gasteiger partial charge on any atom is 0.000356 e. The highest BCUT2D eigenvalue weighted by molar-refractivity contribution is 4.70. The topological polar surface area (TPSA) is 3.24 Å². The molecule has 0 aromatic rings. The number of rotatable bonds is 2. The van der Waals surface area contributed by atoms with Crippen LogP contribution < -0.4 is 0 Å². The molecule has 0 spiro atoms. The Morgan fingerprint density at radius 2 is 2.00 bits per heavy atom. The van der Waals surface area contributed by atoms with Gasteiger partial charge in [-0.15, -0.1) is 0 Å². The minimum Gasteiger partial charge on any atom is -0.309 e. The highest BCUT2D eigenvalue weighted by Gasteiger charge is 2.16. The summed E-state index contributed by atoms with van der Waals surface area (Å²) >= 11 is 0. The Kier molecular flexibility index (Phi) is 1.90. The smallest absolute Gasteiger partial charge is 0.000356 e. The van der Waals surface area contributed by atoms with Gasteiger partial charge in [0.05, 0.1) is 0 Å². The van der Waals surface area contributed by atoms with E-state index in [9.17, 15) is 0 Å². The van der Waals surface area contributed by atoms with Crippen molar-refractivity contribution in [2.45, 2.75) is 19.3 Å². The molecule has 0 bridgehead atoms. The van der Waals surface area contributed by atoms with Gasteiger partial charge in [0.2, 0.25) is 0 Å². The van der Waals surface area contributed by atoms with E-state index < -0.39 is 0 Å². The minimum atomic E-state index is 1.03. The van der Waals surface area contributed by atoms with Crippen molar-refractivity contribution in [3.05, 3.63) is 0 Å². The Morgan fingerprint density at radius 1 is 1.38 bits per heavy atom. The van der Waals surface area contributed by atoms with E-state index in [-0.39, 0.29) is 0 Å². The summed E-state index contributed by atoms with van der Waals surface area (Å²) in [6.07, 6.45) is 4.41. The Bertz CT molecular complexity index is 64.8. The van der Waals surface area contributed by atoms with Crippen LogP contribution in [0.3, 0.4) is 0 Å². The lowest BCUT2D eigenvalue weighted by atomic mass is 9.85. The van der Waals surface area contributed by atoms with Gasteiger partial charge in [0.25, 0.3) is 0 Å². The van der Waals surface area contributed by atoms with Crippen LogP contribution in [0.15, 0.2) is 0 Å². The molecule has 0 saturated heterocycles. The molecule has 8 heavy (non-hydrogen) atoms. The van der Waals surface area contributed by atoms with E-state index in [4.69, 9.17) is 0 Å². The molecule has 0 heterocycles. The largest absolute Gasteiger partial charge is 0.309 e. The summed E-state index contributed by atoms with van der Waals surface area (Å²) in [5.74, 6) is 1.03. The van der Waals surface area contributed by atoms with Crippen molar-refractivity contribution >= 4 is 0 Å². The average molecular weight is 113 g/mol. The molecule has 1 aliphatic rings. The van der Waals surface area contributed by atoms with Gasteiger partial charge in [-0.25, -0.2) is 0 Å². The van der Waals surface area contributed by atoms with E-state index in [1.807, 2.05) is 0 Å². The standard InChI is InChI=1S/C7H15N/c1-8(2)6-7-4-3-5-7/h7H,3-6H2,1-2H3. The van der Waals surface area contributed by atoms with Gasteiger partial charge in [-0.2, -0.15) is 0 Å². The van der Waals surface area contributed by atoms with Gasteiger partial charge in [-0.05, 0) is 32.9 Å². The van der Waals surface area contributed by atoms with Crippen LogP contribution in [0.25, 0.3) is 0 Å². The van der Waals surface area contributed by atoms with Gasteiger partial charge in [0.15, 0.2) is 0 Å². The summed E-state index contributed by atoms with van der Waals surface area (Å²) in [4.78, 5) is 2.28. The Balaban J connectivity index is 2.01. The van der Waals surface area contributed by atoms with Crippen molar-refractivity contribution in [2.75, 3.05) is 20.6 Å². The third kappa shape index (κ3) is 1.48. The first-order valence-electron chi connectivity index (χ1n) is 3.44. The zero-order valence-corrected chi connectivity index (χ0v) is 5.85. The summed E-state index contributed by atoms with van der Waals surface area (Å²) in [5, 5.41) is 0. The Hall–Kier alpha value is -0.0400. The number of hydrogen-bond acceptors (Lipinski definition) is 1. The Morgan fingerprint density at radius 3 is 2.12 bits per heavy atom. The molecule has 1 heteroatoms. The van der Waals surface area contributed by atoms with E-state index in [1.54, 1.807) is 0 Å². The van der Waals surface area contributed by atoms with Crippen LogP contribution in [0.4, 0.5) is 0 Å². The van der Waals surface area contributed by atoms with Gasteiger partial charge in [-0.1, -0.05) is 6.42 Å². The van der Waals surface area contributed by atoms with Crippen molar-refractivity contribution in [1.82, 2.24) is 4.90 Å². The number of hydrogen-bond donors (Lipinski definition) is 0. The lowest BCUT2D eigenvalue weighted by Gasteiger charge is -2.27. The van der Waals surface area contributed by atoms with Crippen LogP contribution in [-0.4, -0.2) is 25.5 Å². The second kappa shape index (κ2) is 2.49. The van der Waals surface area contributed by atoms with Crippen LogP contribution in [0.1, 0.15) is 19.3 Å². The molecule has 1 saturated carbocycles. The highest BCUT2D eigenvalue weighted by Crippen LogP contribution is 2.26. The zero-order chi connectivity index (χ0) is 5.98. The number of nitrogens with zero attached hydrogens (tertiary/aromatic N) is 1. The van der Waals surface area contributed by atoms with Crippen LogP contribution >= 0.6 is 0 Å². The second-order valence-corrected chi connectivity index (χ2v) is 3.06. The zero-order valence-electron chi connectivity index (χ0n) is 5.85. The fourth-order valence-corrected chi connectivity index (χ4v) is 1.19. The summed E-state index contributed by atoms with van der Waals surface area (Å²) in [6, 6.07) is 0. The molecule has 1 aliphatic carbocycles. The molecule has 1 nitrogen and oxygen atoms in total. The van der Waals surface area contributed by atoms with Gasteiger partial charge in [0.1, 0.15) is 0 Å². The van der Waals surface area contributed by atoms with Gasteiger partial charge in [-0.3, -0.25) is 0 Å². The maximum absolute atomic E-state index is 2.28. The van der Waals surface area contributed by atoms with Gasteiger partial charge < -0.3 is 4.90 Å². The average Bonchev–Trinajstić information content (AvgIpc) is 1.55. The normalized spacial score (nSPS) is 21.4. The highest BCUT2D eigenvalue weighted by atomic mass is 15.1. The lowest BCUT2D eigenvalue weighted by Crippen LogP contribution is -2.26. The molecule has 0 atom stereocenters. The molecule has 0 aromatic carbocycles. The molecule has 0 amide bonds. The molecule has 0 radical (unpaired) electrons. The summed E-state index contributed by atoms with van der Waals surface area (Å²) in [5.41, 5.74) is 0. The molecule has 1 rings (SSSR count). The molecule has 48 valence electrons. The maximum atomic E-state index is 2.28. The van der Waals surface area contributed by atoms with Crippen molar-refractivity contribution in [1.29, 1.82) is 0 Å². The predicted molar refractivity (Wildman–Crippen MR) is 35.9 cm³/mol. The first kappa shape index (κ1) is 6.09. The van der Waals surface area contributed by atoms with Crippen LogP contribution in [0, 0.1) is 5.92 Å². The van der Waals surface area contributed by atoms with Crippen LogP contribution in [0.5, 0.6) is 0 Å². The predicted octanol–water partition coefficient (Wildman–Crippen LogP) is 1.35. The van der Waals surface area contributed by atoms with Crippen molar-refractivity contribution in [2.24, 2.45) is 5.92 Å². The van der Waals surface area contributed by atoms with Crippen LogP contribution in [0.2, 0.25) is 0 Å². The lowest BCUT2D eigenvalue weighted by molar-refractivity contribution is 0.230. The molecular formula is C7H15N. The molecule has 0 unspecified atom stereocenters. The van der Waals surface area contributed by atoms with Gasteiger partial charge >= 0.3 is 0 Å². The first-order chi connectivity index (χ1) is 3.79. The Labute approximate surface area is 51.7 Å². The van der Waals surface area contributed by atoms with Crippen molar-refractivity contribution < 1.29 is 0 Å². The molecular weight excluding hydrogens is 98.1 g/mol. The molecule has 0 aromatic heterocycles. The first-order valence-corrected chi connectivity index (χ1v) is 3.44. The SMILES string of the molecule is CN(C)CC1CCC1. The third-order valence-electron chi connectivity index (χ3n) is 1.85. The van der Waals surface area contributed by atoms with Crippen molar-refractivity contribution in [3.63, 3.8) is 0 Å². The summed E-state index contributed by atoms with van der Waals surface area (Å²) in [7, 11) is 4.30. The fraction of sp³-hybridized carbons (Fsp3) is 1.00. The quantitative estimate of drug-likeness (QED) is 0.522. The molecule has 0 aliphatic heterocycles. The van der Waals surface area contributed by atoms with E-state index >= 15 is 0 Å². The monoisotopic (exact) mass is 113 g/mol. The fourth-order valence-electron chi connectivity index (χ4n) is 1.19. The van der Waals surface area contributed by atoms with E-state index in [0.717, 1.165) is 5.92 Å². The molecule has 0 N–H and O–H groups in total. The third-order valence-corrected chi connectivity index (χ3v) is 1.85. The van der Waals surface area contributed by atoms with Crippen molar-refractivity contribution in [3.8, 4) is 0 Å². The summed E-state index contributed by atoms with van der Waals surface area (Å²) < 4.78 is 0. The minimum absolute atomic E-state index is 1.03. The van der Waals surface area contributed by atoms with Gasteiger partial charge in [0, 0.05) is 6.54 Å².